The van der Waals surface area contributed by atoms with Gasteiger partial charge in [-0.15, -0.1) is 0 Å². The summed E-state index contributed by atoms with van der Waals surface area (Å²) < 4.78 is 19.4. The molecule has 90 valence electrons. The molecule has 0 spiro atoms. The van der Waals surface area contributed by atoms with Gasteiger partial charge in [0, 0.05) is 5.56 Å². The third-order valence-electron chi connectivity index (χ3n) is 2.90. The van der Waals surface area contributed by atoms with Crippen molar-refractivity contribution < 1.29 is 9.13 Å². The Hall–Kier alpha value is -2.09. The van der Waals surface area contributed by atoms with E-state index < -0.39 is 0 Å². The number of ether oxygens (including phenoxy) is 1. The summed E-state index contributed by atoms with van der Waals surface area (Å²) in [5.41, 5.74) is 1.56. The topological polar surface area (TPSA) is 9.23 Å². The summed E-state index contributed by atoms with van der Waals surface area (Å²) in [5, 5.41) is 0. The summed E-state index contributed by atoms with van der Waals surface area (Å²) in [6, 6.07) is 16.7. The zero-order valence-electron chi connectivity index (χ0n) is 9.90. The second-order valence-electron chi connectivity index (χ2n) is 4.36. The maximum Gasteiger partial charge on any atom is 0.129 e. The van der Waals surface area contributed by atoms with Crippen molar-refractivity contribution in [2.24, 2.45) is 0 Å². The first-order valence-electron chi connectivity index (χ1n) is 6.04. The molecule has 18 heavy (non-hydrogen) atoms. The molecular weight excluding hydrogens is 227 g/mol. The van der Waals surface area contributed by atoms with E-state index in [4.69, 9.17) is 4.74 Å². The van der Waals surface area contributed by atoms with Gasteiger partial charge in [0.1, 0.15) is 17.3 Å². The lowest BCUT2D eigenvalue weighted by Gasteiger charge is -2.05. The molecule has 1 nitrogen and oxygen atoms in total. The van der Waals surface area contributed by atoms with Gasteiger partial charge in [-0.1, -0.05) is 18.2 Å². The van der Waals surface area contributed by atoms with Gasteiger partial charge in [0.2, 0.25) is 0 Å². The van der Waals surface area contributed by atoms with Crippen LogP contribution >= 0.6 is 0 Å². The van der Waals surface area contributed by atoms with Crippen LogP contribution in [0.15, 0.2) is 60.2 Å². The fraction of sp³-hybridized carbons (Fsp3) is 0.125. The van der Waals surface area contributed by atoms with E-state index in [1.165, 1.54) is 0 Å². The fourth-order valence-corrected chi connectivity index (χ4v) is 1.78. The first kappa shape index (κ1) is 11.0. The van der Waals surface area contributed by atoms with E-state index in [2.05, 4.69) is 0 Å². The summed E-state index contributed by atoms with van der Waals surface area (Å²) in [4.78, 5) is 0. The molecule has 0 saturated heterocycles. The minimum absolute atomic E-state index is 0.0683. The molecule has 1 aliphatic rings. The highest BCUT2D eigenvalue weighted by Gasteiger charge is 2.18. The smallest absolute Gasteiger partial charge is 0.129 e. The van der Waals surface area contributed by atoms with Crippen molar-refractivity contribution in [2.45, 2.75) is 12.8 Å². The molecule has 1 saturated carbocycles. The fourth-order valence-electron chi connectivity index (χ4n) is 1.78. The Morgan fingerprint density at radius 2 is 1.44 bits per heavy atom. The van der Waals surface area contributed by atoms with Crippen LogP contribution in [-0.4, -0.2) is 0 Å². The van der Waals surface area contributed by atoms with Gasteiger partial charge >= 0.3 is 0 Å². The number of hydrogen-bond donors (Lipinski definition) is 0. The Kier molecular flexibility index (Phi) is 2.85. The highest BCUT2D eigenvalue weighted by Crippen LogP contribution is 2.37. The third-order valence-corrected chi connectivity index (χ3v) is 2.90. The van der Waals surface area contributed by atoms with Crippen LogP contribution in [0.3, 0.4) is 0 Å². The van der Waals surface area contributed by atoms with Gasteiger partial charge in [-0.25, -0.2) is 4.39 Å². The van der Waals surface area contributed by atoms with E-state index in [0.717, 1.165) is 29.9 Å². The normalized spacial score (nSPS) is 13.3. The van der Waals surface area contributed by atoms with Gasteiger partial charge in [0.25, 0.3) is 0 Å². The zero-order chi connectivity index (χ0) is 12.4. The number of hydrogen-bond acceptors (Lipinski definition) is 1. The summed E-state index contributed by atoms with van der Waals surface area (Å²) in [6.07, 6.45) is 1.79. The molecule has 0 unspecified atom stereocenters. The molecule has 0 bridgehead atoms. The summed E-state index contributed by atoms with van der Waals surface area (Å²) in [5.74, 6) is 1.44. The average Bonchev–Trinajstić information content (AvgIpc) is 3.24. The molecule has 0 aromatic heterocycles. The van der Waals surface area contributed by atoms with Gasteiger partial charge in [0.15, 0.2) is 0 Å². The van der Waals surface area contributed by atoms with Crippen molar-refractivity contribution in [3.05, 3.63) is 65.7 Å². The minimum Gasteiger partial charge on any atom is -0.457 e. The van der Waals surface area contributed by atoms with Crippen LogP contribution in [-0.2, 0) is 0 Å². The number of rotatable bonds is 3. The lowest BCUT2D eigenvalue weighted by Crippen LogP contribution is -1.84. The number of halogens is 1. The van der Waals surface area contributed by atoms with Crippen molar-refractivity contribution in [3.63, 3.8) is 0 Å². The predicted octanol–water partition coefficient (Wildman–Crippen LogP) is 4.95. The maximum atomic E-state index is 13.7. The van der Waals surface area contributed by atoms with Gasteiger partial charge in [-0.05, 0) is 54.8 Å². The summed E-state index contributed by atoms with van der Waals surface area (Å²) in [6.45, 7) is 0. The Morgan fingerprint density at radius 3 is 2.06 bits per heavy atom. The molecule has 0 atom stereocenters. The molecule has 0 amide bonds. The Labute approximate surface area is 106 Å². The second-order valence-corrected chi connectivity index (χ2v) is 4.36. The summed E-state index contributed by atoms with van der Waals surface area (Å²) in [7, 11) is 0. The molecule has 2 heteroatoms. The van der Waals surface area contributed by atoms with E-state index in [1.54, 1.807) is 24.3 Å². The maximum absolute atomic E-state index is 13.7. The molecule has 0 N–H and O–H groups in total. The largest absolute Gasteiger partial charge is 0.457 e. The van der Waals surface area contributed by atoms with Crippen molar-refractivity contribution >= 4 is 5.83 Å². The molecule has 0 heterocycles. The van der Waals surface area contributed by atoms with Crippen LogP contribution in [0.1, 0.15) is 18.4 Å². The average molecular weight is 240 g/mol. The SMILES string of the molecule is FC(=C1CC1)c1ccc(Oc2ccccc2)cc1. The first-order valence-corrected chi connectivity index (χ1v) is 6.04. The Balaban J connectivity index is 1.77. The molecule has 1 aliphatic carbocycles. The quantitative estimate of drug-likeness (QED) is 0.737. The van der Waals surface area contributed by atoms with Crippen LogP contribution in [0.5, 0.6) is 11.5 Å². The van der Waals surface area contributed by atoms with Crippen LogP contribution < -0.4 is 4.74 Å². The van der Waals surface area contributed by atoms with Crippen LogP contribution in [0.2, 0.25) is 0 Å². The number of para-hydroxylation sites is 1. The number of allylic oxidation sites excluding steroid dienone is 1. The molecule has 0 radical (unpaired) electrons. The van der Waals surface area contributed by atoms with E-state index in [0.29, 0.717) is 5.56 Å². The van der Waals surface area contributed by atoms with E-state index >= 15 is 0 Å². The van der Waals surface area contributed by atoms with E-state index in [-0.39, 0.29) is 5.83 Å². The van der Waals surface area contributed by atoms with Crippen LogP contribution in [0, 0.1) is 0 Å². The highest BCUT2D eigenvalue weighted by molar-refractivity contribution is 5.65. The zero-order valence-corrected chi connectivity index (χ0v) is 9.90. The minimum atomic E-state index is -0.0683. The highest BCUT2D eigenvalue weighted by atomic mass is 19.1. The third kappa shape index (κ3) is 2.43. The standard InChI is InChI=1S/C16H13FO/c17-16(12-6-7-12)13-8-10-15(11-9-13)18-14-4-2-1-3-5-14/h1-5,8-11H,6-7H2. The van der Waals surface area contributed by atoms with Crippen molar-refractivity contribution in [1.29, 1.82) is 0 Å². The molecule has 3 rings (SSSR count). The van der Waals surface area contributed by atoms with Crippen molar-refractivity contribution in [1.82, 2.24) is 0 Å². The molecular formula is C16H13FO. The predicted molar refractivity (Wildman–Crippen MR) is 70.2 cm³/mol. The second kappa shape index (κ2) is 4.65. The van der Waals surface area contributed by atoms with E-state index in [1.807, 2.05) is 30.3 Å². The van der Waals surface area contributed by atoms with E-state index in [9.17, 15) is 4.39 Å². The van der Waals surface area contributed by atoms with Crippen molar-refractivity contribution in [3.8, 4) is 11.5 Å². The van der Waals surface area contributed by atoms with Gasteiger partial charge in [-0.2, -0.15) is 0 Å². The first-order chi connectivity index (χ1) is 8.83. The monoisotopic (exact) mass is 240 g/mol. The summed E-state index contributed by atoms with van der Waals surface area (Å²) >= 11 is 0. The van der Waals surface area contributed by atoms with Gasteiger partial charge in [-0.3, -0.25) is 0 Å². The number of benzene rings is 2. The Bertz CT molecular complexity index is 564. The van der Waals surface area contributed by atoms with Gasteiger partial charge < -0.3 is 4.74 Å². The van der Waals surface area contributed by atoms with Crippen LogP contribution in [0.25, 0.3) is 5.83 Å². The van der Waals surface area contributed by atoms with Crippen molar-refractivity contribution in [2.75, 3.05) is 0 Å². The molecule has 0 aliphatic heterocycles. The lowest BCUT2D eigenvalue weighted by atomic mass is 10.2. The molecule has 2 aromatic rings. The Morgan fingerprint density at radius 1 is 0.833 bits per heavy atom. The van der Waals surface area contributed by atoms with Gasteiger partial charge in [0.05, 0.1) is 0 Å². The lowest BCUT2D eigenvalue weighted by molar-refractivity contribution is 0.482. The molecule has 2 aromatic carbocycles. The molecule has 1 fully saturated rings. The van der Waals surface area contributed by atoms with Crippen LogP contribution in [0.4, 0.5) is 4.39 Å².